The summed E-state index contributed by atoms with van der Waals surface area (Å²) in [7, 11) is 0. The van der Waals surface area contributed by atoms with E-state index in [0.29, 0.717) is 18.0 Å². The SMILES string of the molecule is O=C(CC1CCCCC1)Nc1cncc(-c2ccc3[nH]nc(-c4cc5c([nH]4)C=CCC5c4ccc(F)s4)c3n2)c1. The molecule has 5 aromatic rings. The number of carbonyl (C=O) groups excluding carboxylic acids is 1. The van der Waals surface area contributed by atoms with Gasteiger partial charge in [-0.3, -0.25) is 14.9 Å². The number of aromatic nitrogens is 5. The normalized spacial score (nSPS) is 17.3. The molecule has 0 aliphatic heterocycles. The van der Waals surface area contributed by atoms with Crippen LogP contribution in [0.5, 0.6) is 0 Å². The molecule has 3 N–H and O–H groups in total. The highest BCUT2D eigenvalue weighted by Crippen LogP contribution is 2.40. The molecule has 40 heavy (non-hydrogen) atoms. The van der Waals surface area contributed by atoms with Crippen LogP contribution >= 0.6 is 11.3 Å². The second-order valence-corrected chi connectivity index (χ2v) is 11.8. The fourth-order valence-electron chi connectivity index (χ4n) is 6.04. The van der Waals surface area contributed by atoms with E-state index in [4.69, 9.17) is 4.98 Å². The highest BCUT2D eigenvalue weighted by Gasteiger charge is 2.25. The Balaban J connectivity index is 1.16. The lowest BCUT2D eigenvalue weighted by Crippen LogP contribution is -2.18. The molecular weight excluding hydrogens is 523 g/mol. The quantitative estimate of drug-likeness (QED) is 0.201. The van der Waals surface area contributed by atoms with Gasteiger partial charge in [-0.25, -0.2) is 4.98 Å². The van der Waals surface area contributed by atoms with Crippen LogP contribution in [0, 0.1) is 11.0 Å². The first kappa shape index (κ1) is 24.9. The molecule has 1 unspecified atom stereocenters. The molecule has 0 spiro atoms. The molecule has 2 aliphatic carbocycles. The van der Waals surface area contributed by atoms with Crippen LogP contribution < -0.4 is 5.32 Å². The number of thiophene rings is 1. The number of hydrogen-bond donors (Lipinski definition) is 3. The minimum absolute atomic E-state index is 0.0414. The Morgan fingerprint density at radius 2 is 2.00 bits per heavy atom. The van der Waals surface area contributed by atoms with Crippen molar-refractivity contribution in [2.75, 3.05) is 5.32 Å². The predicted molar refractivity (Wildman–Crippen MR) is 156 cm³/mol. The van der Waals surface area contributed by atoms with E-state index in [2.05, 4.69) is 43.7 Å². The maximum atomic E-state index is 13.8. The summed E-state index contributed by atoms with van der Waals surface area (Å²) in [5, 5.41) is 10.5. The van der Waals surface area contributed by atoms with E-state index in [1.54, 1.807) is 12.4 Å². The predicted octanol–water partition coefficient (Wildman–Crippen LogP) is 7.67. The monoisotopic (exact) mass is 552 g/mol. The highest BCUT2D eigenvalue weighted by molar-refractivity contribution is 7.10. The Bertz CT molecular complexity index is 1730. The smallest absolute Gasteiger partial charge is 0.224 e. The number of rotatable bonds is 6. The number of carbonyl (C=O) groups is 1. The average Bonchev–Trinajstić information content (AvgIpc) is 3.71. The van der Waals surface area contributed by atoms with Gasteiger partial charge in [-0.2, -0.15) is 9.49 Å². The van der Waals surface area contributed by atoms with Gasteiger partial charge in [0.2, 0.25) is 5.91 Å². The number of nitrogens with one attached hydrogen (secondary N) is 3. The van der Waals surface area contributed by atoms with Gasteiger partial charge in [-0.15, -0.1) is 11.3 Å². The molecule has 1 saturated carbocycles. The summed E-state index contributed by atoms with van der Waals surface area (Å²) in [5.74, 6) is 0.625. The summed E-state index contributed by atoms with van der Waals surface area (Å²) in [6.45, 7) is 0. The Morgan fingerprint density at radius 1 is 1.10 bits per heavy atom. The number of allylic oxidation sites excluding steroid dienone is 1. The molecule has 202 valence electrons. The Kier molecular flexibility index (Phi) is 6.51. The molecule has 9 heteroatoms. The van der Waals surface area contributed by atoms with Gasteiger partial charge in [-0.05, 0) is 73.2 Å². The number of pyridine rings is 2. The largest absolute Gasteiger partial charge is 0.353 e. The fraction of sp³-hybridized carbons (Fsp3) is 0.290. The third-order valence-electron chi connectivity index (χ3n) is 8.03. The highest BCUT2D eigenvalue weighted by atomic mass is 32.1. The lowest BCUT2D eigenvalue weighted by Gasteiger charge is -2.20. The number of fused-ring (bicyclic) bond motifs is 2. The minimum Gasteiger partial charge on any atom is -0.353 e. The van der Waals surface area contributed by atoms with E-state index in [0.717, 1.165) is 69.1 Å². The number of nitrogens with zero attached hydrogens (tertiary/aromatic N) is 3. The van der Waals surface area contributed by atoms with Gasteiger partial charge in [0.15, 0.2) is 5.13 Å². The number of halogens is 1. The van der Waals surface area contributed by atoms with Crippen molar-refractivity contribution in [3.8, 4) is 22.6 Å². The van der Waals surface area contributed by atoms with Crippen LogP contribution in [-0.4, -0.2) is 31.1 Å². The Morgan fingerprint density at radius 3 is 2.85 bits per heavy atom. The summed E-state index contributed by atoms with van der Waals surface area (Å²) in [5.41, 5.74) is 7.52. The van der Waals surface area contributed by atoms with E-state index >= 15 is 0 Å². The molecule has 5 aromatic heterocycles. The first-order chi connectivity index (χ1) is 19.6. The van der Waals surface area contributed by atoms with Crippen molar-refractivity contribution < 1.29 is 9.18 Å². The van der Waals surface area contributed by atoms with Crippen molar-refractivity contribution in [1.82, 2.24) is 25.1 Å². The second kappa shape index (κ2) is 10.5. The molecule has 2 aliphatic rings. The second-order valence-electron chi connectivity index (χ2n) is 10.8. The van der Waals surface area contributed by atoms with Crippen LogP contribution in [0.25, 0.3) is 39.8 Å². The van der Waals surface area contributed by atoms with Gasteiger partial charge in [0, 0.05) is 34.7 Å². The molecule has 0 radical (unpaired) electrons. The van der Waals surface area contributed by atoms with Crippen molar-refractivity contribution in [1.29, 1.82) is 0 Å². The van der Waals surface area contributed by atoms with Crippen LogP contribution in [0.1, 0.15) is 67.0 Å². The first-order valence-electron chi connectivity index (χ1n) is 13.9. The van der Waals surface area contributed by atoms with E-state index in [1.165, 1.54) is 36.7 Å². The zero-order valence-corrected chi connectivity index (χ0v) is 22.7. The molecule has 0 bridgehead atoms. The molecule has 0 aromatic carbocycles. The minimum atomic E-state index is -0.167. The van der Waals surface area contributed by atoms with E-state index in [9.17, 15) is 9.18 Å². The molecule has 7 rings (SSSR count). The molecule has 1 atom stereocenters. The number of hydrogen-bond acceptors (Lipinski definition) is 5. The van der Waals surface area contributed by atoms with E-state index in [-0.39, 0.29) is 17.0 Å². The fourth-order valence-corrected chi connectivity index (χ4v) is 6.90. The lowest BCUT2D eigenvalue weighted by molar-refractivity contribution is -0.117. The number of anilines is 1. The van der Waals surface area contributed by atoms with E-state index < -0.39 is 0 Å². The molecular formula is C31H29FN6OS. The molecule has 0 saturated heterocycles. The van der Waals surface area contributed by atoms with Gasteiger partial charge < -0.3 is 10.3 Å². The first-order valence-corrected chi connectivity index (χ1v) is 14.7. The van der Waals surface area contributed by atoms with Crippen molar-refractivity contribution in [2.45, 2.75) is 50.9 Å². The number of aromatic amines is 2. The number of amides is 1. The molecule has 5 heterocycles. The molecule has 1 fully saturated rings. The Labute approximate surface area is 235 Å². The summed E-state index contributed by atoms with van der Waals surface area (Å²) in [4.78, 5) is 26.5. The maximum absolute atomic E-state index is 13.8. The van der Waals surface area contributed by atoms with Crippen molar-refractivity contribution in [3.05, 3.63) is 76.1 Å². The maximum Gasteiger partial charge on any atom is 0.224 e. The summed E-state index contributed by atoms with van der Waals surface area (Å²) < 4.78 is 13.8. The van der Waals surface area contributed by atoms with Crippen LogP contribution in [-0.2, 0) is 4.79 Å². The Hall–Kier alpha value is -4.11. The van der Waals surface area contributed by atoms with Gasteiger partial charge >= 0.3 is 0 Å². The van der Waals surface area contributed by atoms with Crippen LogP contribution in [0.3, 0.4) is 0 Å². The summed E-state index contributed by atoms with van der Waals surface area (Å²) in [6, 6.07) is 11.3. The third-order valence-corrected chi connectivity index (χ3v) is 9.02. The van der Waals surface area contributed by atoms with Crippen LogP contribution in [0.2, 0.25) is 0 Å². The van der Waals surface area contributed by atoms with Gasteiger partial charge in [0.1, 0.15) is 11.2 Å². The van der Waals surface area contributed by atoms with Crippen LogP contribution in [0.15, 0.2) is 54.9 Å². The number of H-pyrrole nitrogens is 2. The summed E-state index contributed by atoms with van der Waals surface area (Å²) in [6.07, 6.45) is 15.0. The van der Waals surface area contributed by atoms with Crippen molar-refractivity contribution >= 4 is 40.0 Å². The lowest BCUT2D eigenvalue weighted by atomic mass is 9.87. The van der Waals surface area contributed by atoms with Crippen LogP contribution in [0.4, 0.5) is 10.1 Å². The van der Waals surface area contributed by atoms with Gasteiger partial charge in [0.05, 0.1) is 28.8 Å². The standard InChI is InChI=1S/C31H29FN6OS/c32-28-12-11-27(40-28)21-7-4-8-24-22(21)15-26(35-24)31-30-25(37-38-31)10-9-23(36-30)19-14-20(17-33-16-19)34-29(39)13-18-5-2-1-3-6-18/h4,8-12,14-18,21,35H,1-3,5-7,13H2,(H,34,39)(H,37,38). The molecule has 7 nitrogen and oxygen atoms in total. The zero-order valence-electron chi connectivity index (χ0n) is 21.9. The van der Waals surface area contributed by atoms with Crippen molar-refractivity contribution in [2.24, 2.45) is 5.92 Å². The van der Waals surface area contributed by atoms with Crippen molar-refractivity contribution in [3.63, 3.8) is 0 Å². The average molecular weight is 553 g/mol. The molecule has 1 amide bonds. The van der Waals surface area contributed by atoms with E-state index in [1.807, 2.05) is 24.3 Å². The summed E-state index contributed by atoms with van der Waals surface area (Å²) >= 11 is 1.20. The van der Waals surface area contributed by atoms with Gasteiger partial charge in [0.25, 0.3) is 0 Å². The zero-order chi connectivity index (χ0) is 27.1. The van der Waals surface area contributed by atoms with Gasteiger partial charge in [-0.1, -0.05) is 25.3 Å². The topological polar surface area (TPSA) is 99.4 Å². The third kappa shape index (κ3) is 4.86.